The molecule has 1 saturated carbocycles. The van der Waals surface area contributed by atoms with Gasteiger partial charge in [0.1, 0.15) is 11.9 Å². The second kappa shape index (κ2) is 6.10. The minimum atomic E-state index is -0.428. The van der Waals surface area contributed by atoms with Gasteiger partial charge in [-0.05, 0) is 41.7 Å². The topological polar surface area (TPSA) is 80.1 Å². The number of nitrogens with one attached hydrogen (secondary N) is 2. The van der Waals surface area contributed by atoms with E-state index in [9.17, 15) is 10.1 Å². The molecule has 0 spiro atoms. The van der Waals surface area contributed by atoms with Gasteiger partial charge in [0, 0.05) is 18.8 Å². The van der Waals surface area contributed by atoms with Crippen molar-refractivity contribution in [1.29, 1.82) is 0 Å². The quantitative estimate of drug-likeness (QED) is 0.458. The summed E-state index contributed by atoms with van der Waals surface area (Å²) < 4.78 is 0.617. The highest BCUT2D eigenvalue weighted by Gasteiger charge is 2.20. The lowest BCUT2D eigenvalue weighted by Gasteiger charge is -2.08. The van der Waals surface area contributed by atoms with Gasteiger partial charge in [-0.25, -0.2) is 0 Å². The number of rotatable bonds is 7. The van der Waals surface area contributed by atoms with Crippen molar-refractivity contribution in [1.82, 2.24) is 10.3 Å². The molecule has 0 aliphatic heterocycles. The second-order valence-electron chi connectivity index (χ2n) is 4.28. The molecule has 0 radical (unpaired) electrons. The summed E-state index contributed by atoms with van der Waals surface area (Å²) in [6.07, 6.45) is 6.29. The van der Waals surface area contributed by atoms with Crippen LogP contribution in [0.15, 0.2) is 16.9 Å². The van der Waals surface area contributed by atoms with Gasteiger partial charge in [-0.3, -0.25) is 15.1 Å². The first-order chi connectivity index (χ1) is 8.68. The summed E-state index contributed by atoms with van der Waals surface area (Å²) in [6.45, 7) is 1.64. The Bertz CT molecular complexity index is 437. The fourth-order valence-electron chi connectivity index (χ4n) is 1.63. The van der Waals surface area contributed by atoms with E-state index in [1.54, 1.807) is 6.20 Å². The van der Waals surface area contributed by atoms with E-state index in [4.69, 9.17) is 0 Å². The Kier molecular flexibility index (Phi) is 4.48. The SMILES string of the molecule is O=[N+]([O-])c1cncc(Br)c1NCCCNC1CC1. The predicted octanol–water partition coefficient (Wildman–Crippen LogP) is 2.31. The van der Waals surface area contributed by atoms with Crippen LogP contribution in [0.25, 0.3) is 0 Å². The van der Waals surface area contributed by atoms with Gasteiger partial charge < -0.3 is 10.6 Å². The molecule has 2 rings (SSSR count). The average Bonchev–Trinajstić information content (AvgIpc) is 3.14. The zero-order valence-corrected chi connectivity index (χ0v) is 11.4. The van der Waals surface area contributed by atoms with Crippen molar-refractivity contribution in [3.05, 3.63) is 27.0 Å². The molecule has 0 unspecified atom stereocenters. The fraction of sp³-hybridized carbons (Fsp3) is 0.545. The summed E-state index contributed by atoms with van der Waals surface area (Å²) in [5.41, 5.74) is 0.501. The molecular weight excluding hydrogens is 300 g/mol. The van der Waals surface area contributed by atoms with Crippen LogP contribution in [0.1, 0.15) is 19.3 Å². The van der Waals surface area contributed by atoms with E-state index in [0.717, 1.165) is 13.0 Å². The molecule has 18 heavy (non-hydrogen) atoms. The molecule has 1 aliphatic rings. The number of nitro groups is 1. The Balaban J connectivity index is 1.84. The van der Waals surface area contributed by atoms with Crippen LogP contribution in [0.4, 0.5) is 11.4 Å². The van der Waals surface area contributed by atoms with E-state index in [1.165, 1.54) is 19.0 Å². The van der Waals surface area contributed by atoms with Crippen molar-refractivity contribution in [2.45, 2.75) is 25.3 Å². The largest absolute Gasteiger partial charge is 0.378 e. The van der Waals surface area contributed by atoms with E-state index in [0.29, 0.717) is 22.7 Å². The summed E-state index contributed by atoms with van der Waals surface area (Å²) in [5, 5.41) is 17.3. The zero-order valence-electron chi connectivity index (χ0n) is 9.86. The Morgan fingerprint density at radius 2 is 2.22 bits per heavy atom. The van der Waals surface area contributed by atoms with Gasteiger partial charge in [0.25, 0.3) is 0 Å². The number of hydrogen-bond acceptors (Lipinski definition) is 5. The van der Waals surface area contributed by atoms with Crippen LogP contribution in [0, 0.1) is 10.1 Å². The van der Waals surface area contributed by atoms with Crippen molar-refractivity contribution in [3.63, 3.8) is 0 Å². The maximum atomic E-state index is 10.9. The van der Waals surface area contributed by atoms with Crippen molar-refractivity contribution in [2.24, 2.45) is 0 Å². The molecule has 0 saturated heterocycles. The fourth-order valence-corrected chi connectivity index (χ4v) is 2.10. The highest BCUT2D eigenvalue weighted by Crippen LogP contribution is 2.30. The first-order valence-electron chi connectivity index (χ1n) is 5.93. The molecule has 1 aromatic heterocycles. The molecular formula is C11H15BrN4O2. The zero-order chi connectivity index (χ0) is 13.0. The lowest BCUT2D eigenvalue weighted by Crippen LogP contribution is -2.20. The van der Waals surface area contributed by atoms with Gasteiger partial charge in [-0.1, -0.05) is 0 Å². The molecule has 0 atom stereocenters. The summed E-state index contributed by atoms with van der Waals surface area (Å²) in [5.74, 6) is 0. The van der Waals surface area contributed by atoms with Crippen LogP contribution >= 0.6 is 15.9 Å². The average molecular weight is 315 g/mol. The molecule has 0 aromatic carbocycles. The Labute approximate surface area is 113 Å². The van der Waals surface area contributed by atoms with Gasteiger partial charge in [-0.2, -0.15) is 0 Å². The van der Waals surface area contributed by atoms with E-state index in [2.05, 4.69) is 31.5 Å². The van der Waals surface area contributed by atoms with E-state index >= 15 is 0 Å². The highest BCUT2D eigenvalue weighted by molar-refractivity contribution is 9.10. The predicted molar refractivity (Wildman–Crippen MR) is 72.7 cm³/mol. The highest BCUT2D eigenvalue weighted by atomic mass is 79.9. The molecule has 98 valence electrons. The molecule has 7 heteroatoms. The molecule has 1 aliphatic carbocycles. The first-order valence-corrected chi connectivity index (χ1v) is 6.73. The van der Waals surface area contributed by atoms with Gasteiger partial charge in [0.05, 0.1) is 9.40 Å². The molecule has 2 N–H and O–H groups in total. The summed E-state index contributed by atoms with van der Waals surface area (Å²) in [6, 6.07) is 0.701. The van der Waals surface area contributed by atoms with Crippen molar-refractivity contribution in [3.8, 4) is 0 Å². The Morgan fingerprint density at radius 3 is 2.89 bits per heavy atom. The third-order valence-corrected chi connectivity index (χ3v) is 3.34. The maximum Gasteiger partial charge on any atom is 0.311 e. The molecule has 6 nitrogen and oxygen atoms in total. The number of anilines is 1. The van der Waals surface area contributed by atoms with E-state index < -0.39 is 4.92 Å². The van der Waals surface area contributed by atoms with Crippen LogP contribution < -0.4 is 10.6 Å². The van der Waals surface area contributed by atoms with Crippen molar-refractivity contribution in [2.75, 3.05) is 18.4 Å². The summed E-state index contributed by atoms with van der Waals surface area (Å²) in [7, 11) is 0. The Hall–Kier alpha value is -1.21. The lowest BCUT2D eigenvalue weighted by atomic mass is 10.3. The second-order valence-corrected chi connectivity index (χ2v) is 5.14. The third kappa shape index (κ3) is 3.64. The van der Waals surface area contributed by atoms with E-state index in [1.807, 2.05) is 0 Å². The summed E-state index contributed by atoms with van der Waals surface area (Å²) in [4.78, 5) is 14.2. The van der Waals surface area contributed by atoms with Crippen molar-refractivity contribution >= 4 is 27.3 Å². The minimum Gasteiger partial charge on any atom is -0.378 e. The van der Waals surface area contributed by atoms with Crippen LogP contribution in [0.5, 0.6) is 0 Å². The smallest absolute Gasteiger partial charge is 0.311 e. The van der Waals surface area contributed by atoms with Crippen LogP contribution in [-0.2, 0) is 0 Å². The third-order valence-electron chi connectivity index (χ3n) is 2.74. The molecule has 1 fully saturated rings. The first kappa shape index (κ1) is 13.2. The standard InChI is InChI=1S/C11H15BrN4O2/c12-9-6-13-7-10(16(17)18)11(9)15-5-1-4-14-8-2-3-8/h6-8,14H,1-5H2,(H,13,15). The number of halogens is 1. The monoisotopic (exact) mass is 314 g/mol. The van der Waals surface area contributed by atoms with Gasteiger partial charge in [0.15, 0.2) is 0 Å². The lowest BCUT2D eigenvalue weighted by molar-refractivity contribution is -0.384. The van der Waals surface area contributed by atoms with Gasteiger partial charge >= 0.3 is 5.69 Å². The summed E-state index contributed by atoms with van der Waals surface area (Å²) >= 11 is 3.27. The molecule has 1 aromatic rings. The Morgan fingerprint density at radius 1 is 1.44 bits per heavy atom. The van der Waals surface area contributed by atoms with Crippen LogP contribution in [-0.4, -0.2) is 29.0 Å². The normalized spacial score (nSPS) is 14.5. The number of hydrogen-bond donors (Lipinski definition) is 2. The number of nitrogens with zero attached hydrogens (tertiary/aromatic N) is 2. The van der Waals surface area contributed by atoms with Crippen molar-refractivity contribution < 1.29 is 4.92 Å². The molecule has 0 bridgehead atoms. The van der Waals surface area contributed by atoms with E-state index in [-0.39, 0.29) is 5.69 Å². The van der Waals surface area contributed by atoms with Crippen LogP contribution in [0.2, 0.25) is 0 Å². The number of aromatic nitrogens is 1. The maximum absolute atomic E-state index is 10.9. The van der Waals surface area contributed by atoms with Crippen LogP contribution in [0.3, 0.4) is 0 Å². The van der Waals surface area contributed by atoms with Gasteiger partial charge in [-0.15, -0.1) is 0 Å². The molecule has 0 amide bonds. The molecule has 1 heterocycles. The number of pyridine rings is 1. The minimum absolute atomic E-state index is 0.000438. The van der Waals surface area contributed by atoms with Gasteiger partial charge in [0.2, 0.25) is 0 Å².